The van der Waals surface area contributed by atoms with Crippen LogP contribution in [0, 0.1) is 20.8 Å². The first kappa shape index (κ1) is 55.1. The van der Waals surface area contributed by atoms with Crippen molar-refractivity contribution in [3.05, 3.63) is 89.5 Å². The van der Waals surface area contributed by atoms with Crippen molar-refractivity contribution < 1.29 is 56.3 Å². The lowest BCUT2D eigenvalue weighted by atomic mass is 9.87. The Morgan fingerprint density at radius 1 is 0.333 bits per heavy atom. The molecule has 0 saturated heterocycles. The van der Waals surface area contributed by atoms with E-state index in [4.69, 9.17) is 42.6 Å². The molecule has 0 aliphatic rings. The molecule has 15 heteroatoms. The van der Waals surface area contributed by atoms with Crippen LogP contribution in [0.2, 0.25) is 0 Å². The van der Waals surface area contributed by atoms with E-state index in [1.165, 1.54) is 33.4 Å². The summed E-state index contributed by atoms with van der Waals surface area (Å²) in [5.41, 5.74) is 8.06. The maximum atomic E-state index is 5.89. The summed E-state index contributed by atoms with van der Waals surface area (Å²) >= 11 is 0. The zero-order chi connectivity index (χ0) is 46.9. The molecule has 1 aromatic carbocycles. The number of benzene rings is 1. The molecule has 0 unspecified atom stereocenters. The highest BCUT2D eigenvalue weighted by molar-refractivity contribution is 5.50. The van der Waals surface area contributed by atoms with Crippen LogP contribution in [0.15, 0.2) is 56.2 Å². The fourth-order valence-electron chi connectivity index (χ4n) is 7.52. The average molecular weight is 928 g/mol. The largest absolute Gasteiger partial charge is 0.379 e. The van der Waals surface area contributed by atoms with Crippen molar-refractivity contribution in [1.29, 1.82) is 0 Å². The second kappa shape index (κ2) is 34.7. The highest BCUT2D eigenvalue weighted by atomic mass is 16.6. The van der Waals surface area contributed by atoms with Crippen molar-refractivity contribution in [2.24, 2.45) is 0 Å². The highest BCUT2D eigenvalue weighted by Gasteiger charge is 2.22. The Hall–Kier alpha value is -3.51. The van der Waals surface area contributed by atoms with E-state index in [1.54, 1.807) is 0 Å². The van der Waals surface area contributed by atoms with E-state index in [9.17, 15) is 0 Å². The van der Waals surface area contributed by atoms with E-state index < -0.39 is 0 Å². The van der Waals surface area contributed by atoms with E-state index in [1.807, 2.05) is 0 Å². The van der Waals surface area contributed by atoms with Crippen molar-refractivity contribution in [3.63, 3.8) is 0 Å². The Balaban J connectivity index is 1.34. The zero-order valence-electron chi connectivity index (χ0n) is 41.8. The van der Waals surface area contributed by atoms with Gasteiger partial charge in [-0.3, -0.25) is 0 Å². The zero-order valence-corrected chi connectivity index (χ0v) is 41.8. The first-order valence-electron chi connectivity index (χ1n) is 24.9. The number of hydrogen-bond donors (Lipinski definition) is 0. The van der Waals surface area contributed by atoms with Crippen LogP contribution >= 0.6 is 0 Å². The molecule has 0 aliphatic heterocycles. The molecular formula is C51H87N6O9+3. The molecule has 0 amide bonds. The van der Waals surface area contributed by atoms with Gasteiger partial charge in [-0.15, -0.1) is 0 Å². The monoisotopic (exact) mass is 928 g/mol. The average Bonchev–Trinajstić information content (AvgIpc) is 4.10. The van der Waals surface area contributed by atoms with Gasteiger partial charge in [0.05, 0.1) is 99.1 Å². The summed E-state index contributed by atoms with van der Waals surface area (Å²) in [6.07, 6.45) is 26.2. The number of rotatable bonds is 42. The van der Waals surface area contributed by atoms with Crippen LogP contribution in [0.5, 0.6) is 0 Å². The van der Waals surface area contributed by atoms with Crippen molar-refractivity contribution in [3.8, 4) is 0 Å². The summed E-state index contributed by atoms with van der Waals surface area (Å²) in [4.78, 5) is 0. The molecule has 0 fully saturated rings. The minimum Gasteiger partial charge on any atom is -0.379 e. The predicted molar refractivity (Wildman–Crippen MR) is 254 cm³/mol. The van der Waals surface area contributed by atoms with Crippen LogP contribution in [0.3, 0.4) is 0 Å². The Bertz CT molecular complexity index is 1600. The van der Waals surface area contributed by atoms with E-state index in [0.29, 0.717) is 99.1 Å². The van der Waals surface area contributed by atoms with E-state index in [0.717, 1.165) is 97.6 Å². The number of aromatic nitrogens is 6. The van der Waals surface area contributed by atoms with Crippen molar-refractivity contribution in [2.75, 3.05) is 119 Å². The SMILES string of the molecule is CCCCOCCOCCOCCn1cc[n+](Cc2c(C)c(C[n+]3ccn(CCOCCOCCOCCCC)c3)c(C)c(C[n+]3ccn(CCOCCOCCOCCCC)c3)c2C)c1. The van der Waals surface area contributed by atoms with Gasteiger partial charge in [0.15, 0.2) is 0 Å². The third-order valence-electron chi connectivity index (χ3n) is 11.6. The molecular weight excluding hydrogens is 841 g/mol. The lowest BCUT2D eigenvalue weighted by Crippen LogP contribution is -2.37. The third-order valence-corrected chi connectivity index (χ3v) is 11.6. The second-order valence-corrected chi connectivity index (χ2v) is 16.9. The molecule has 3 aromatic heterocycles. The first-order valence-corrected chi connectivity index (χ1v) is 24.9. The molecule has 0 spiro atoms. The van der Waals surface area contributed by atoms with Gasteiger partial charge in [0.2, 0.25) is 19.0 Å². The van der Waals surface area contributed by atoms with Crippen LogP contribution in [0.4, 0.5) is 0 Å². The molecule has 0 atom stereocenters. The van der Waals surface area contributed by atoms with Crippen LogP contribution in [0.25, 0.3) is 0 Å². The summed E-state index contributed by atoms with van der Waals surface area (Å²) < 4.78 is 64.8. The number of ether oxygens (including phenoxy) is 9. The predicted octanol–water partition coefficient (Wildman–Crippen LogP) is 5.57. The Labute approximate surface area is 396 Å². The summed E-state index contributed by atoms with van der Waals surface area (Å²) in [6, 6.07) is 0. The van der Waals surface area contributed by atoms with Gasteiger partial charge < -0.3 is 42.6 Å². The van der Waals surface area contributed by atoms with E-state index in [2.05, 4.69) is 125 Å². The Morgan fingerprint density at radius 2 is 0.561 bits per heavy atom. The van der Waals surface area contributed by atoms with E-state index in [-0.39, 0.29) is 0 Å². The van der Waals surface area contributed by atoms with Gasteiger partial charge in [0, 0.05) is 36.5 Å². The number of nitrogens with zero attached hydrogens (tertiary/aromatic N) is 6. The van der Waals surface area contributed by atoms with Crippen molar-refractivity contribution in [1.82, 2.24) is 13.7 Å². The summed E-state index contributed by atoms with van der Waals surface area (Å²) in [5.74, 6) is 0. The molecule has 0 bridgehead atoms. The third kappa shape index (κ3) is 22.1. The number of unbranched alkanes of at least 4 members (excludes halogenated alkanes) is 3. The molecule has 4 aromatic rings. The lowest BCUT2D eigenvalue weighted by molar-refractivity contribution is -0.690. The fraction of sp³-hybridized carbons (Fsp3) is 0.706. The maximum absolute atomic E-state index is 5.89. The minimum atomic E-state index is 0.574. The highest BCUT2D eigenvalue weighted by Crippen LogP contribution is 2.27. The molecule has 4 rings (SSSR count). The minimum absolute atomic E-state index is 0.574. The molecule has 372 valence electrons. The van der Waals surface area contributed by atoms with Gasteiger partial charge in [-0.25, -0.2) is 27.4 Å². The van der Waals surface area contributed by atoms with Gasteiger partial charge in [0.25, 0.3) is 0 Å². The summed E-state index contributed by atoms with van der Waals surface area (Å²) in [5, 5.41) is 0. The molecule has 15 nitrogen and oxygen atoms in total. The summed E-state index contributed by atoms with van der Waals surface area (Å²) in [6.45, 7) is 29.5. The van der Waals surface area contributed by atoms with E-state index >= 15 is 0 Å². The van der Waals surface area contributed by atoms with Crippen LogP contribution in [-0.2, 0) is 81.9 Å². The van der Waals surface area contributed by atoms with Crippen molar-refractivity contribution >= 4 is 0 Å². The number of imidazole rings is 3. The maximum Gasteiger partial charge on any atom is 0.244 e. The quantitative estimate of drug-likeness (QED) is 0.0417. The molecule has 66 heavy (non-hydrogen) atoms. The molecule has 0 N–H and O–H groups in total. The summed E-state index contributed by atoms with van der Waals surface area (Å²) in [7, 11) is 0. The van der Waals surface area contributed by atoms with Crippen LogP contribution in [0.1, 0.15) is 92.7 Å². The normalized spacial score (nSPS) is 11.7. The van der Waals surface area contributed by atoms with Crippen LogP contribution in [-0.4, -0.2) is 133 Å². The number of hydrogen-bond acceptors (Lipinski definition) is 9. The lowest BCUT2D eigenvalue weighted by Gasteiger charge is -2.20. The van der Waals surface area contributed by atoms with Gasteiger partial charge >= 0.3 is 0 Å². The van der Waals surface area contributed by atoms with Crippen LogP contribution < -0.4 is 13.7 Å². The van der Waals surface area contributed by atoms with Gasteiger partial charge in [-0.2, -0.15) is 0 Å². The van der Waals surface area contributed by atoms with Crippen molar-refractivity contribution in [2.45, 2.75) is 119 Å². The standard InChI is InChI=1S/C51H87N6O9/c1-7-10-22-58-28-34-64-37-31-61-25-19-52-13-16-55(43-52)40-49-46(4)50(41-56-17-14-53(44-56)20-26-62-32-38-65-35-29-59-23-11-8-2)48(6)51(47(49)5)42-57-18-15-54(45-57)21-27-63-33-39-66-36-30-60-24-12-9-3/h13-18,43-45H,7-12,19-42H2,1-6H3/q+3. The molecule has 0 saturated carbocycles. The van der Waals surface area contributed by atoms with Gasteiger partial charge in [0.1, 0.15) is 76.4 Å². The first-order chi connectivity index (χ1) is 32.4. The molecule has 0 radical (unpaired) electrons. The molecule has 0 aliphatic carbocycles. The smallest absolute Gasteiger partial charge is 0.244 e. The Morgan fingerprint density at radius 3 is 0.803 bits per heavy atom. The van der Waals surface area contributed by atoms with Gasteiger partial charge in [-0.1, -0.05) is 40.0 Å². The Kier molecular flexibility index (Phi) is 29.0. The molecule has 3 heterocycles. The fourth-order valence-corrected chi connectivity index (χ4v) is 7.52. The topological polar surface area (TPSA) is 110 Å². The second-order valence-electron chi connectivity index (χ2n) is 16.9. The van der Waals surface area contributed by atoms with Gasteiger partial charge in [-0.05, 0) is 56.7 Å².